The molecular weight excluding hydrogens is 358 g/mol. The first-order chi connectivity index (χ1) is 13.2. The van der Waals surface area contributed by atoms with Crippen LogP contribution in [-0.2, 0) is 17.8 Å². The zero-order valence-corrected chi connectivity index (χ0v) is 16.2. The summed E-state index contributed by atoms with van der Waals surface area (Å²) in [4.78, 5) is 29.1. The summed E-state index contributed by atoms with van der Waals surface area (Å²) in [6.45, 7) is 3.40. The van der Waals surface area contributed by atoms with E-state index in [-0.39, 0.29) is 11.8 Å². The highest BCUT2D eigenvalue weighted by atomic mass is 32.1. The van der Waals surface area contributed by atoms with Crippen molar-refractivity contribution in [3.8, 4) is 0 Å². The molecule has 2 amide bonds. The van der Waals surface area contributed by atoms with Crippen LogP contribution in [0.15, 0.2) is 48.1 Å². The second kappa shape index (κ2) is 7.56. The highest BCUT2D eigenvalue weighted by Gasteiger charge is 2.28. The minimum Gasteiger partial charge on any atom is -0.340 e. The Balaban J connectivity index is 1.48. The largest absolute Gasteiger partial charge is 0.340 e. The summed E-state index contributed by atoms with van der Waals surface area (Å²) in [7, 11) is 0. The van der Waals surface area contributed by atoms with Crippen molar-refractivity contribution in [2.75, 3.05) is 6.54 Å². The van der Waals surface area contributed by atoms with Crippen molar-refractivity contribution < 1.29 is 9.59 Å². The van der Waals surface area contributed by atoms with Gasteiger partial charge in [0.1, 0.15) is 6.04 Å². The van der Waals surface area contributed by atoms with Gasteiger partial charge < -0.3 is 14.6 Å². The molecule has 0 spiro atoms. The average molecular weight is 382 g/mol. The summed E-state index contributed by atoms with van der Waals surface area (Å²) >= 11 is 1.76. The van der Waals surface area contributed by atoms with Crippen molar-refractivity contribution in [3.63, 3.8) is 0 Å². The smallest absolute Gasteiger partial charge is 0.253 e. The predicted octanol–water partition coefficient (Wildman–Crippen LogP) is 3.48. The Hall–Kier alpha value is -2.60. The summed E-state index contributed by atoms with van der Waals surface area (Å²) in [5, 5.41) is 5.05. The van der Waals surface area contributed by atoms with E-state index >= 15 is 0 Å². The second-order valence-electron chi connectivity index (χ2n) is 6.96. The van der Waals surface area contributed by atoms with E-state index in [9.17, 15) is 9.59 Å². The second-order valence-corrected chi connectivity index (χ2v) is 7.96. The third-order valence-corrected chi connectivity index (χ3v) is 6.09. The highest BCUT2D eigenvalue weighted by Crippen LogP contribution is 2.24. The van der Waals surface area contributed by atoms with Gasteiger partial charge in [-0.2, -0.15) is 0 Å². The molecule has 1 N–H and O–H groups in total. The summed E-state index contributed by atoms with van der Waals surface area (Å²) in [6.07, 6.45) is 6.09. The Kier molecular flexibility index (Phi) is 4.99. The molecule has 0 aliphatic carbocycles. The minimum atomic E-state index is -0.481. The molecule has 0 radical (unpaired) electrons. The van der Waals surface area contributed by atoms with Gasteiger partial charge in [0.2, 0.25) is 5.91 Å². The molecule has 4 heterocycles. The maximum Gasteiger partial charge on any atom is 0.253 e. The Morgan fingerprint density at radius 3 is 3.00 bits per heavy atom. The van der Waals surface area contributed by atoms with Gasteiger partial charge >= 0.3 is 0 Å². The fourth-order valence-electron chi connectivity index (χ4n) is 3.62. The van der Waals surface area contributed by atoms with Gasteiger partial charge in [-0.25, -0.2) is 0 Å². The first kappa shape index (κ1) is 17.8. The van der Waals surface area contributed by atoms with Crippen molar-refractivity contribution in [2.45, 2.75) is 38.8 Å². The van der Waals surface area contributed by atoms with Gasteiger partial charge in [0.25, 0.3) is 5.91 Å². The lowest BCUT2D eigenvalue weighted by Gasteiger charge is -2.30. The van der Waals surface area contributed by atoms with E-state index in [0.717, 1.165) is 24.9 Å². The quantitative estimate of drug-likeness (QED) is 0.736. The monoisotopic (exact) mass is 381 g/mol. The summed E-state index contributed by atoms with van der Waals surface area (Å²) in [6, 6.07) is 9.28. The van der Waals surface area contributed by atoms with Crippen LogP contribution in [-0.4, -0.2) is 33.7 Å². The van der Waals surface area contributed by atoms with Gasteiger partial charge in [0.05, 0.1) is 5.56 Å². The Morgan fingerprint density at radius 1 is 1.30 bits per heavy atom. The number of thiophene rings is 1. The van der Waals surface area contributed by atoms with E-state index in [1.165, 1.54) is 10.4 Å². The normalized spacial score (nSPS) is 14.8. The molecule has 140 valence electrons. The number of nitrogens with zero attached hydrogens (tertiary/aromatic N) is 2. The number of rotatable bonds is 5. The molecule has 3 aromatic rings. The molecule has 6 heteroatoms. The molecule has 1 aliphatic heterocycles. The molecule has 0 fully saturated rings. The van der Waals surface area contributed by atoms with E-state index in [4.69, 9.17) is 0 Å². The van der Waals surface area contributed by atoms with E-state index in [0.29, 0.717) is 18.5 Å². The zero-order valence-electron chi connectivity index (χ0n) is 15.4. The van der Waals surface area contributed by atoms with Gasteiger partial charge in [0, 0.05) is 35.9 Å². The van der Waals surface area contributed by atoms with Crippen LogP contribution in [0.25, 0.3) is 5.52 Å². The summed E-state index contributed by atoms with van der Waals surface area (Å²) < 4.78 is 1.91. The van der Waals surface area contributed by atoms with Crippen molar-refractivity contribution in [1.29, 1.82) is 0 Å². The van der Waals surface area contributed by atoms with E-state index in [1.54, 1.807) is 17.5 Å². The number of carbonyl (C=O) groups excluding carboxylic acids is 2. The Labute approximate surface area is 162 Å². The molecule has 1 unspecified atom stereocenters. The predicted molar refractivity (Wildman–Crippen MR) is 107 cm³/mol. The number of hydrogen-bond donors (Lipinski definition) is 1. The molecule has 3 aromatic heterocycles. The third-order valence-electron chi connectivity index (χ3n) is 5.07. The molecule has 0 bridgehead atoms. The minimum absolute atomic E-state index is 0.0193. The van der Waals surface area contributed by atoms with Crippen LogP contribution in [0, 0.1) is 0 Å². The van der Waals surface area contributed by atoms with E-state index in [2.05, 4.69) is 16.8 Å². The average Bonchev–Trinajstić information content (AvgIpc) is 3.32. The van der Waals surface area contributed by atoms with Crippen molar-refractivity contribution in [2.24, 2.45) is 0 Å². The lowest BCUT2D eigenvalue weighted by atomic mass is 10.1. The summed E-state index contributed by atoms with van der Waals surface area (Å²) in [5.41, 5.74) is 2.77. The SMILES string of the molecule is CCCC(NC(=O)c1cc2ccccn2c1)C(=O)N1CCc2sccc2C1. The molecule has 0 aromatic carbocycles. The third kappa shape index (κ3) is 3.62. The first-order valence-corrected chi connectivity index (χ1v) is 10.3. The van der Waals surface area contributed by atoms with Crippen molar-refractivity contribution in [3.05, 3.63) is 64.1 Å². The Morgan fingerprint density at radius 2 is 2.19 bits per heavy atom. The molecule has 1 aliphatic rings. The van der Waals surface area contributed by atoms with E-state index in [1.807, 2.05) is 46.7 Å². The van der Waals surface area contributed by atoms with Crippen LogP contribution in [0.4, 0.5) is 0 Å². The molecule has 5 nitrogen and oxygen atoms in total. The van der Waals surface area contributed by atoms with Crippen LogP contribution < -0.4 is 5.32 Å². The van der Waals surface area contributed by atoms with Crippen LogP contribution in [0.1, 0.15) is 40.6 Å². The van der Waals surface area contributed by atoms with Crippen molar-refractivity contribution >= 4 is 28.7 Å². The number of nitrogens with one attached hydrogen (secondary N) is 1. The number of pyridine rings is 1. The zero-order chi connectivity index (χ0) is 18.8. The molecule has 4 rings (SSSR count). The number of fused-ring (bicyclic) bond motifs is 2. The van der Waals surface area contributed by atoms with Gasteiger partial charge in [-0.15, -0.1) is 11.3 Å². The number of carbonyl (C=O) groups is 2. The van der Waals surface area contributed by atoms with E-state index < -0.39 is 6.04 Å². The van der Waals surface area contributed by atoms with Crippen LogP contribution >= 0.6 is 11.3 Å². The van der Waals surface area contributed by atoms with Gasteiger partial charge in [0.15, 0.2) is 0 Å². The molecule has 1 atom stereocenters. The van der Waals surface area contributed by atoms with Crippen LogP contribution in [0.5, 0.6) is 0 Å². The molecular formula is C21H23N3O2S. The fourth-order valence-corrected chi connectivity index (χ4v) is 4.51. The van der Waals surface area contributed by atoms with Gasteiger partial charge in [-0.3, -0.25) is 9.59 Å². The lowest BCUT2D eigenvalue weighted by Crippen LogP contribution is -2.49. The number of aromatic nitrogens is 1. The fraction of sp³-hybridized carbons (Fsp3) is 0.333. The topological polar surface area (TPSA) is 53.8 Å². The lowest BCUT2D eigenvalue weighted by molar-refractivity contribution is -0.134. The summed E-state index contributed by atoms with van der Waals surface area (Å²) in [5.74, 6) is -0.176. The molecule has 0 saturated heterocycles. The standard InChI is InChI=1S/C21H23N3O2S/c1-2-5-18(21(26)24-10-7-19-15(13-24)8-11-27-19)22-20(25)16-12-17-6-3-4-9-23(17)14-16/h3-4,6,8-9,11-12,14,18H,2,5,7,10,13H2,1H3,(H,22,25). The highest BCUT2D eigenvalue weighted by molar-refractivity contribution is 7.10. The van der Waals surface area contributed by atoms with Crippen molar-refractivity contribution in [1.82, 2.24) is 14.6 Å². The first-order valence-electron chi connectivity index (χ1n) is 9.37. The maximum absolute atomic E-state index is 13.1. The number of amides is 2. The van der Waals surface area contributed by atoms with Crippen LogP contribution in [0.3, 0.4) is 0 Å². The number of hydrogen-bond acceptors (Lipinski definition) is 3. The maximum atomic E-state index is 13.1. The van der Waals surface area contributed by atoms with Gasteiger partial charge in [-0.05, 0) is 48.1 Å². The van der Waals surface area contributed by atoms with Crippen LogP contribution in [0.2, 0.25) is 0 Å². The molecule has 0 saturated carbocycles. The van der Waals surface area contributed by atoms with Gasteiger partial charge in [-0.1, -0.05) is 19.4 Å². The Bertz CT molecular complexity index is 942. The molecule has 27 heavy (non-hydrogen) atoms.